The number of amides is 1. The molecule has 0 aliphatic heterocycles. The molecule has 7 heteroatoms. The summed E-state index contributed by atoms with van der Waals surface area (Å²) < 4.78 is 37.7. The second-order valence-corrected chi connectivity index (χ2v) is 6.31. The summed E-state index contributed by atoms with van der Waals surface area (Å²) in [5, 5.41) is 5.21. The first-order valence-corrected chi connectivity index (χ1v) is 8.67. The number of rotatable bonds is 7. The van der Waals surface area contributed by atoms with Crippen molar-refractivity contribution in [2.45, 2.75) is 38.8 Å². The van der Waals surface area contributed by atoms with Crippen LogP contribution in [0.25, 0.3) is 10.6 Å². The van der Waals surface area contributed by atoms with Crippen LogP contribution < -0.4 is 5.32 Å². The zero-order chi connectivity index (χ0) is 17.6. The number of carbonyl (C=O) groups is 1. The third-order valence-corrected chi connectivity index (χ3v) is 4.40. The van der Waals surface area contributed by atoms with Gasteiger partial charge in [0.1, 0.15) is 5.01 Å². The second-order valence-electron chi connectivity index (χ2n) is 5.45. The summed E-state index contributed by atoms with van der Waals surface area (Å²) in [6, 6.07) is 4.88. The molecule has 1 N–H and O–H groups in total. The van der Waals surface area contributed by atoms with Gasteiger partial charge >= 0.3 is 6.18 Å². The number of unbranched alkanes of at least 4 members (excludes halogenated alkanes) is 2. The molecule has 0 spiro atoms. The predicted molar refractivity (Wildman–Crippen MR) is 88.8 cm³/mol. The Balaban J connectivity index is 1.94. The third-order valence-electron chi connectivity index (χ3n) is 3.46. The molecule has 0 fully saturated rings. The van der Waals surface area contributed by atoms with Gasteiger partial charge in [-0.25, -0.2) is 4.98 Å². The number of alkyl halides is 3. The van der Waals surface area contributed by atoms with E-state index in [2.05, 4.69) is 17.2 Å². The molecule has 0 aliphatic carbocycles. The summed E-state index contributed by atoms with van der Waals surface area (Å²) >= 11 is 1.32. The lowest BCUT2D eigenvalue weighted by Gasteiger charge is -2.06. The number of thiazole rings is 1. The fraction of sp³-hybridized carbons (Fsp3) is 0.412. The molecule has 130 valence electrons. The highest BCUT2D eigenvalue weighted by atomic mass is 32.1. The van der Waals surface area contributed by atoms with Crippen molar-refractivity contribution >= 4 is 17.2 Å². The van der Waals surface area contributed by atoms with Gasteiger partial charge in [0.25, 0.3) is 0 Å². The highest BCUT2D eigenvalue weighted by Gasteiger charge is 2.30. The van der Waals surface area contributed by atoms with Crippen LogP contribution in [0.15, 0.2) is 29.6 Å². The smallest absolute Gasteiger partial charge is 0.356 e. The lowest BCUT2D eigenvalue weighted by molar-refractivity contribution is -0.137. The summed E-state index contributed by atoms with van der Waals surface area (Å²) in [4.78, 5) is 16.1. The Morgan fingerprint density at radius 3 is 2.54 bits per heavy atom. The molecule has 2 rings (SSSR count). The summed E-state index contributed by atoms with van der Waals surface area (Å²) in [5.41, 5.74) is 0.556. The van der Waals surface area contributed by atoms with E-state index in [1.807, 2.05) is 0 Å². The van der Waals surface area contributed by atoms with Gasteiger partial charge in [0.15, 0.2) is 0 Å². The monoisotopic (exact) mass is 356 g/mol. The summed E-state index contributed by atoms with van der Waals surface area (Å²) in [5.74, 6) is -0.0876. The molecule has 1 amide bonds. The number of halogens is 3. The van der Waals surface area contributed by atoms with Crippen LogP contribution in [-0.4, -0.2) is 17.4 Å². The van der Waals surface area contributed by atoms with Gasteiger partial charge < -0.3 is 5.32 Å². The second kappa shape index (κ2) is 8.28. The number of hydrogen-bond acceptors (Lipinski definition) is 3. The molecular weight excluding hydrogens is 337 g/mol. The normalized spacial score (nSPS) is 11.5. The minimum absolute atomic E-state index is 0.0876. The number of hydrogen-bond donors (Lipinski definition) is 1. The van der Waals surface area contributed by atoms with Crippen molar-refractivity contribution in [3.05, 3.63) is 40.9 Å². The van der Waals surface area contributed by atoms with E-state index in [0.29, 0.717) is 22.8 Å². The van der Waals surface area contributed by atoms with E-state index in [4.69, 9.17) is 0 Å². The lowest BCUT2D eigenvalue weighted by Crippen LogP contribution is -2.26. The Morgan fingerprint density at radius 1 is 1.21 bits per heavy atom. The maximum Gasteiger partial charge on any atom is 0.416 e. The van der Waals surface area contributed by atoms with Gasteiger partial charge in [0.05, 0.1) is 17.7 Å². The quantitative estimate of drug-likeness (QED) is 0.732. The van der Waals surface area contributed by atoms with Crippen LogP contribution in [0, 0.1) is 0 Å². The van der Waals surface area contributed by atoms with Crippen molar-refractivity contribution in [3.63, 3.8) is 0 Å². The maximum absolute atomic E-state index is 12.6. The average Bonchev–Trinajstić information content (AvgIpc) is 2.99. The molecule has 1 aromatic carbocycles. The molecule has 0 saturated carbocycles. The molecule has 3 nitrogen and oxygen atoms in total. The summed E-state index contributed by atoms with van der Waals surface area (Å²) in [6.45, 7) is 2.75. The SMILES string of the molecule is CCCCCNC(=O)Cc1csc(-c2ccc(C(F)(F)F)cc2)n1. The fourth-order valence-electron chi connectivity index (χ4n) is 2.15. The number of benzene rings is 1. The minimum Gasteiger partial charge on any atom is -0.356 e. The van der Waals surface area contributed by atoms with E-state index in [9.17, 15) is 18.0 Å². The van der Waals surface area contributed by atoms with E-state index in [-0.39, 0.29) is 12.3 Å². The van der Waals surface area contributed by atoms with Crippen LogP contribution in [0.1, 0.15) is 37.4 Å². The Morgan fingerprint density at radius 2 is 1.92 bits per heavy atom. The molecule has 24 heavy (non-hydrogen) atoms. The van der Waals surface area contributed by atoms with Crippen molar-refractivity contribution in [2.75, 3.05) is 6.54 Å². The standard InChI is InChI=1S/C17H19F3N2OS/c1-2-3-4-9-21-15(23)10-14-11-24-16(22-14)12-5-7-13(8-6-12)17(18,19)20/h5-8,11H,2-4,9-10H2,1H3,(H,21,23). The van der Waals surface area contributed by atoms with Crippen LogP contribution in [0.3, 0.4) is 0 Å². The van der Waals surface area contributed by atoms with Crippen LogP contribution >= 0.6 is 11.3 Å². The van der Waals surface area contributed by atoms with E-state index in [1.54, 1.807) is 5.38 Å². The maximum atomic E-state index is 12.6. The van der Waals surface area contributed by atoms with E-state index in [1.165, 1.54) is 23.5 Å². The van der Waals surface area contributed by atoms with Gasteiger partial charge in [-0.05, 0) is 18.6 Å². The summed E-state index contributed by atoms with van der Waals surface area (Å²) in [7, 11) is 0. The van der Waals surface area contributed by atoms with Gasteiger partial charge in [-0.15, -0.1) is 11.3 Å². The minimum atomic E-state index is -4.34. The first-order chi connectivity index (χ1) is 11.4. The first kappa shape index (κ1) is 18.4. The third kappa shape index (κ3) is 5.33. The number of nitrogens with zero attached hydrogens (tertiary/aromatic N) is 1. The Kier molecular flexibility index (Phi) is 6.36. The topological polar surface area (TPSA) is 42.0 Å². The van der Waals surface area contributed by atoms with Crippen molar-refractivity contribution < 1.29 is 18.0 Å². The van der Waals surface area contributed by atoms with Gasteiger partial charge in [-0.1, -0.05) is 31.9 Å². The Bertz CT molecular complexity index is 665. The Labute approximate surface area is 142 Å². The highest BCUT2D eigenvalue weighted by Crippen LogP contribution is 2.31. The largest absolute Gasteiger partial charge is 0.416 e. The van der Waals surface area contributed by atoms with E-state index in [0.717, 1.165) is 31.4 Å². The van der Waals surface area contributed by atoms with Crippen molar-refractivity contribution in [1.82, 2.24) is 10.3 Å². The van der Waals surface area contributed by atoms with Gasteiger partial charge in [0, 0.05) is 17.5 Å². The zero-order valence-corrected chi connectivity index (χ0v) is 14.1. The number of nitrogens with one attached hydrogen (secondary N) is 1. The molecule has 0 unspecified atom stereocenters. The molecule has 0 radical (unpaired) electrons. The molecular formula is C17H19F3N2OS. The molecule has 0 saturated heterocycles. The molecule has 1 aromatic heterocycles. The van der Waals surface area contributed by atoms with Crippen molar-refractivity contribution in [3.8, 4) is 10.6 Å². The van der Waals surface area contributed by atoms with Crippen LogP contribution in [0.5, 0.6) is 0 Å². The molecule has 1 heterocycles. The first-order valence-electron chi connectivity index (χ1n) is 7.79. The average molecular weight is 356 g/mol. The highest BCUT2D eigenvalue weighted by molar-refractivity contribution is 7.13. The van der Waals surface area contributed by atoms with Gasteiger partial charge in [0.2, 0.25) is 5.91 Å². The number of aromatic nitrogens is 1. The van der Waals surface area contributed by atoms with Crippen LogP contribution in [0.4, 0.5) is 13.2 Å². The lowest BCUT2D eigenvalue weighted by atomic mass is 10.1. The molecule has 2 aromatic rings. The van der Waals surface area contributed by atoms with Crippen LogP contribution in [0.2, 0.25) is 0 Å². The van der Waals surface area contributed by atoms with E-state index < -0.39 is 11.7 Å². The zero-order valence-electron chi connectivity index (χ0n) is 13.3. The molecule has 0 aliphatic rings. The summed E-state index contributed by atoms with van der Waals surface area (Å²) in [6.07, 6.45) is -1.03. The van der Waals surface area contributed by atoms with E-state index >= 15 is 0 Å². The van der Waals surface area contributed by atoms with Crippen LogP contribution in [-0.2, 0) is 17.4 Å². The van der Waals surface area contributed by atoms with Gasteiger partial charge in [-0.2, -0.15) is 13.2 Å². The fourth-order valence-corrected chi connectivity index (χ4v) is 2.98. The van der Waals surface area contributed by atoms with Crippen molar-refractivity contribution in [1.29, 1.82) is 0 Å². The Hall–Kier alpha value is -1.89. The molecule has 0 bridgehead atoms. The number of carbonyl (C=O) groups excluding carboxylic acids is 1. The predicted octanol–water partition coefficient (Wildman–Crippen LogP) is 4.68. The van der Waals surface area contributed by atoms with Gasteiger partial charge in [-0.3, -0.25) is 4.79 Å². The molecule has 0 atom stereocenters. The van der Waals surface area contributed by atoms with Crippen molar-refractivity contribution in [2.24, 2.45) is 0 Å².